The van der Waals surface area contributed by atoms with E-state index in [-0.39, 0.29) is 29.6 Å². The van der Waals surface area contributed by atoms with Crippen LogP contribution in [0.25, 0.3) is 0 Å². The number of amides is 1. The van der Waals surface area contributed by atoms with Crippen molar-refractivity contribution in [3.05, 3.63) is 65.0 Å². The Bertz CT molecular complexity index is 956. The van der Waals surface area contributed by atoms with Gasteiger partial charge in [0.05, 0.1) is 11.4 Å². The molecule has 0 radical (unpaired) electrons. The zero-order valence-electron chi connectivity index (χ0n) is 15.3. The van der Waals surface area contributed by atoms with Gasteiger partial charge in [-0.1, -0.05) is 24.3 Å². The van der Waals surface area contributed by atoms with E-state index in [1.807, 2.05) is 0 Å². The number of rotatable bonds is 7. The van der Waals surface area contributed by atoms with Crippen LogP contribution in [0.1, 0.15) is 28.4 Å². The Balaban J connectivity index is 1.99. The number of ketones is 1. The third kappa shape index (κ3) is 5.21. The van der Waals surface area contributed by atoms with E-state index >= 15 is 0 Å². The van der Waals surface area contributed by atoms with Crippen LogP contribution in [0, 0.1) is 12.7 Å². The lowest BCUT2D eigenvalue weighted by Crippen LogP contribution is -2.38. The lowest BCUT2D eigenvalue weighted by molar-refractivity contribution is -0.121. The zero-order valence-corrected chi connectivity index (χ0v) is 16.1. The van der Waals surface area contributed by atoms with Gasteiger partial charge in [0.1, 0.15) is 5.82 Å². The predicted molar refractivity (Wildman–Crippen MR) is 99.2 cm³/mol. The lowest BCUT2D eigenvalue weighted by atomic mass is 10.1. The molecular weight excluding hydrogens is 371 g/mol. The molecular formula is C19H21FN2O4S. The zero-order chi connectivity index (χ0) is 20.2. The summed E-state index contributed by atoms with van der Waals surface area (Å²) < 4.78 is 39.5. The second-order valence-electron chi connectivity index (χ2n) is 6.20. The van der Waals surface area contributed by atoms with Gasteiger partial charge in [0, 0.05) is 19.2 Å². The van der Waals surface area contributed by atoms with Crippen LogP contribution >= 0.6 is 0 Å². The van der Waals surface area contributed by atoms with E-state index in [1.54, 1.807) is 19.1 Å². The number of benzene rings is 2. The van der Waals surface area contributed by atoms with Crippen LogP contribution in [0.15, 0.2) is 47.4 Å². The molecule has 1 N–H and O–H groups in total. The number of likely N-dealkylation sites (N-methyl/N-ethyl adjacent to an activating group) is 1. The summed E-state index contributed by atoms with van der Waals surface area (Å²) in [7, 11) is -2.58. The SMILES string of the molecule is CC(=O)c1ccc(S(=O)(=O)N(C)CC(=O)NCc2ccc(C)c(F)c2)cc1. The molecule has 144 valence electrons. The maximum absolute atomic E-state index is 13.5. The maximum atomic E-state index is 13.5. The number of aryl methyl sites for hydroxylation is 1. The van der Waals surface area contributed by atoms with Crippen LogP contribution in [0.4, 0.5) is 4.39 Å². The molecule has 0 saturated heterocycles. The summed E-state index contributed by atoms with van der Waals surface area (Å²) in [6.07, 6.45) is 0. The molecule has 0 heterocycles. The molecule has 6 nitrogen and oxygen atoms in total. The third-order valence-corrected chi connectivity index (χ3v) is 5.88. The second kappa shape index (κ2) is 8.41. The van der Waals surface area contributed by atoms with Crippen LogP contribution in [0.2, 0.25) is 0 Å². The van der Waals surface area contributed by atoms with Crippen molar-refractivity contribution in [3.8, 4) is 0 Å². The predicted octanol–water partition coefficient (Wildman–Crippen LogP) is 2.27. The average molecular weight is 392 g/mol. The lowest BCUT2D eigenvalue weighted by Gasteiger charge is -2.17. The van der Waals surface area contributed by atoms with Crippen molar-refractivity contribution >= 4 is 21.7 Å². The van der Waals surface area contributed by atoms with Gasteiger partial charge in [-0.2, -0.15) is 4.31 Å². The summed E-state index contributed by atoms with van der Waals surface area (Å²) in [4.78, 5) is 23.3. The molecule has 0 aromatic heterocycles. The fourth-order valence-corrected chi connectivity index (χ4v) is 3.46. The highest BCUT2D eigenvalue weighted by Gasteiger charge is 2.23. The van der Waals surface area contributed by atoms with Crippen molar-refractivity contribution in [1.29, 1.82) is 0 Å². The highest BCUT2D eigenvalue weighted by molar-refractivity contribution is 7.89. The van der Waals surface area contributed by atoms with Gasteiger partial charge in [-0.3, -0.25) is 9.59 Å². The van der Waals surface area contributed by atoms with Crippen LogP contribution in [-0.2, 0) is 21.4 Å². The van der Waals surface area contributed by atoms with Gasteiger partial charge in [-0.05, 0) is 43.2 Å². The molecule has 0 spiro atoms. The number of hydrogen-bond donors (Lipinski definition) is 1. The third-order valence-electron chi connectivity index (χ3n) is 4.06. The molecule has 0 aliphatic rings. The number of nitrogens with one attached hydrogen (secondary N) is 1. The Kier molecular flexibility index (Phi) is 6.45. The normalized spacial score (nSPS) is 11.4. The first-order valence-corrected chi connectivity index (χ1v) is 9.64. The Morgan fingerprint density at radius 1 is 1.11 bits per heavy atom. The van der Waals surface area contributed by atoms with E-state index < -0.39 is 15.9 Å². The quantitative estimate of drug-likeness (QED) is 0.733. The Labute approximate surface area is 158 Å². The van der Waals surface area contributed by atoms with Crippen LogP contribution < -0.4 is 5.32 Å². The largest absolute Gasteiger partial charge is 0.351 e. The first kappa shape index (κ1) is 20.7. The monoisotopic (exact) mass is 392 g/mol. The van der Waals surface area contributed by atoms with Crippen molar-refractivity contribution in [2.75, 3.05) is 13.6 Å². The molecule has 0 aliphatic carbocycles. The number of sulfonamides is 1. The topological polar surface area (TPSA) is 83.6 Å². The molecule has 0 atom stereocenters. The van der Waals surface area contributed by atoms with Crippen LogP contribution in [0.3, 0.4) is 0 Å². The molecule has 1 amide bonds. The van der Waals surface area contributed by atoms with E-state index in [4.69, 9.17) is 0 Å². The highest BCUT2D eigenvalue weighted by atomic mass is 32.2. The first-order valence-electron chi connectivity index (χ1n) is 8.20. The summed E-state index contributed by atoms with van der Waals surface area (Å²) >= 11 is 0. The Morgan fingerprint density at radius 2 is 1.74 bits per heavy atom. The molecule has 2 aromatic carbocycles. The Hall–Kier alpha value is -2.58. The minimum atomic E-state index is -3.87. The van der Waals surface area contributed by atoms with E-state index in [1.165, 1.54) is 44.3 Å². The maximum Gasteiger partial charge on any atom is 0.243 e. The van der Waals surface area contributed by atoms with E-state index in [0.717, 1.165) is 4.31 Å². The minimum absolute atomic E-state index is 0.0107. The molecule has 0 bridgehead atoms. The number of hydrogen-bond acceptors (Lipinski definition) is 4. The fraction of sp³-hybridized carbons (Fsp3) is 0.263. The first-order chi connectivity index (χ1) is 12.6. The van der Waals surface area contributed by atoms with Gasteiger partial charge < -0.3 is 5.32 Å². The molecule has 2 rings (SSSR count). The fourth-order valence-electron chi connectivity index (χ4n) is 2.33. The summed E-state index contributed by atoms with van der Waals surface area (Å²) in [5.74, 6) is -1.04. The number of carbonyl (C=O) groups excluding carboxylic acids is 2. The van der Waals surface area contributed by atoms with Crippen molar-refractivity contribution in [3.63, 3.8) is 0 Å². The van der Waals surface area contributed by atoms with Gasteiger partial charge >= 0.3 is 0 Å². The smallest absolute Gasteiger partial charge is 0.243 e. The van der Waals surface area contributed by atoms with Gasteiger partial charge in [-0.25, -0.2) is 12.8 Å². The molecule has 8 heteroatoms. The number of halogens is 1. The van der Waals surface area contributed by atoms with Crippen molar-refractivity contribution in [2.45, 2.75) is 25.3 Å². The van der Waals surface area contributed by atoms with Gasteiger partial charge in [0.25, 0.3) is 0 Å². The van der Waals surface area contributed by atoms with Crippen LogP contribution in [-0.4, -0.2) is 38.0 Å². The van der Waals surface area contributed by atoms with Gasteiger partial charge in [-0.15, -0.1) is 0 Å². The molecule has 0 aliphatic heterocycles. The summed E-state index contributed by atoms with van der Waals surface area (Å²) in [5, 5.41) is 2.57. The highest BCUT2D eigenvalue weighted by Crippen LogP contribution is 2.15. The van der Waals surface area contributed by atoms with E-state index in [0.29, 0.717) is 16.7 Å². The molecule has 0 unspecified atom stereocenters. The number of Topliss-reactive ketones (excluding diaryl/α,β-unsaturated/α-hetero) is 1. The van der Waals surface area contributed by atoms with Crippen molar-refractivity contribution in [1.82, 2.24) is 9.62 Å². The number of carbonyl (C=O) groups is 2. The summed E-state index contributed by atoms with van der Waals surface area (Å²) in [6.45, 7) is 2.74. The molecule has 2 aromatic rings. The second-order valence-corrected chi connectivity index (χ2v) is 8.25. The standard InChI is InChI=1S/C19H21FN2O4S/c1-13-4-5-15(10-18(13)20)11-21-19(24)12-22(3)27(25,26)17-8-6-16(7-9-17)14(2)23/h4-10H,11-12H2,1-3H3,(H,21,24). The van der Waals surface area contributed by atoms with E-state index in [2.05, 4.69) is 5.32 Å². The average Bonchev–Trinajstić information content (AvgIpc) is 2.62. The van der Waals surface area contributed by atoms with Crippen molar-refractivity contribution < 1.29 is 22.4 Å². The van der Waals surface area contributed by atoms with Gasteiger partial charge in [0.2, 0.25) is 15.9 Å². The van der Waals surface area contributed by atoms with E-state index in [9.17, 15) is 22.4 Å². The molecule has 0 saturated carbocycles. The van der Waals surface area contributed by atoms with Gasteiger partial charge in [0.15, 0.2) is 5.78 Å². The molecule has 27 heavy (non-hydrogen) atoms. The summed E-state index contributed by atoms with van der Waals surface area (Å²) in [6, 6.07) is 10.1. The Morgan fingerprint density at radius 3 is 2.30 bits per heavy atom. The summed E-state index contributed by atoms with van der Waals surface area (Å²) in [5.41, 5.74) is 1.49. The minimum Gasteiger partial charge on any atom is -0.351 e. The van der Waals surface area contributed by atoms with Crippen molar-refractivity contribution in [2.24, 2.45) is 0 Å². The van der Waals surface area contributed by atoms with Crippen LogP contribution in [0.5, 0.6) is 0 Å². The molecule has 0 fully saturated rings. The number of nitrogens with zero attached hydrogens (tertiary/aromatic N) is 1.